The van der Waals surface area contributed by atoms with E-state index in [0.717, 1.165) is 43.1 Å². The van der Waals surface area contributed by atoms with E-state index in [1.807, 2.05) is 12.1 Å². The first-order chi connectivity index (χ1) is 16.7. The lowest BCUT2D eigenvalue weighted by atomic mass is 9.88. The van der Waals surface area contributed by atoms with Crippen LogP contribution in [0.2, 0.25) is 0 Å². The van der Waals surface area contributed by atoms with Crippen LogP contribution in [0.3, 0.4) is 0 Å². The zero-order valence-corrected chi connectivity index (χ0v) is 18.2. The van der Waals surface area contributed by atoms with Gasteiger partial charge in [-0.25, -0.2) is 0 Å². The van der Waals surface area contributed by atoms with Gasteiger partial charge in [0.25, 0.3) is 11.1 Å². The fraction of sp³-hybridized carbons (Fsp3) is 0.0323. The summed E-state index contributed by atoms with van der Waals surface area (Å²) in [7, 11) is 1.60. The Morgan fingerprint density at radius 1 is 0.412 bits per heavy atom. The summed E-state index contributed by atoms with van der Waals surface area (Å²) in [6.45, 7) is 0. The molecule has 0 fully saturated rings. The zero-order valence-electron chi connectivity index (χ0n) is 18.2. The third-order valence-corrected chi connectivity index (χ3v) is 8.20. The molecule has 0 atom stereocenters. The molecule has 1 aromatic heterocycles. The molecule has 0 amide bonds. The van der Waals surface area contributed by atoms with E-state index >= 15 is 0 Å². The Morgan fingerprint density at radius 2 is 0.794 bits per heavy atom. The summed E-state index contributed by atoms with van der Waals surface area (Å²) < 4.78 is 1.29. The Morgan fingerprint density at radius 3 is 1.26 bits per heavy atom. The van der Waals surface area contributed by atoms with E-state index in [1.165, 1.54) is 36.9 Å². The van der Waals surface area contributed by atoms with Gasteiger partial charge >= 0.3 is 0 Å². The second-order valence-corrected chi connectivity index (χ2v) is 9.58. The molecule has 9 rings (SSSR count). The molecule has 0 aliphatic carbocycles. The average Bonchev–Trinajstić information content (AvgIpc) is 3.35. The minimum absolute atomic E-state index is 0.210. The summed E-state index contributed by atoms with van der Waals surface area (Å²) in [4.78, 5) is 27.3. The first-order valence-electron chi connectivity index (χ1n) is 11.5. The van der Waals surface area contributed by atoms with Crippen LogP contribution in [0, 0.1) is 0 Å². The van der Waals surface area contributed by atoms with E-state index in [2.05, 4.69) is 60.7 Å². The van der Waals surface area contributed by atoms with Crippen LogP contribution in [0.4, 0.5) is 0 Å². The number of fused-ring (bicyclic) bond motifs is 9. The molecule has 0 N–H and O–H groups in total. The molecule has 0 aliphatic rings. The van der Waals surface area contributed by atoms with Crippen LogP contribution < -0.4 is 11.1 Å². The maximum atomic E-state index is 13.6. The van der Waals surface area contributed by atoms with E-state index in [0.29, 0.717) is 10.8 Å². The molecule has 8 aromatic carbocycles. The number of nitrogens with zero attached hydrogens (tertiary/aromatic N) is 1. The number of hydrogen-bond acceptors (Lipinski definition) is 2. The Kier molecular flexibility index (Phi) is 2.60. The average molecular weight is 433 g/mol. The molecule has 1 heterocycles. The van der Waals surface area contributed by atoms with Gasteiger partial charge in [0.1, 0.15) is 0 Å². The first-order valence-corrected chi connectivity index (χ1v) is 11.5. The summed E-state index contributed by atoms with van der Waals surface area (Å²) in [6, 6.07) is 25.5. The summed E-state index contributed by atoms with van der Waals surface area (Å²) in [5.74, 6) is 0. The smallest absolute Gasteiger partial charge is 0.261 e. The molecule has 0 saturated heterocycles. The predicted octanol–water partition coefficient (Wildman–Crippen LogP) is 6.72. The number of rotatable bonds is 0. The molecule has 3 heteroatoms. The van der Waals surface area contributed by atoms with E-state index in [1.54, 1.807) is 7.05 Å². The Labute approximate surface area is 191 Å². The number of aromatic nitrogens is 1. The highest BCUT2D eigenvalue weighted by Crippen LogP contribution is 2.54. The van der Waals surface area contributed by atoms with Crippen molar-refractivity contribution in [1.82, 2.24) is 4.57 Å². The quantitative estimate of drug-likeness (QED) is 0.249. The van der Waals surface area contributed by atoms with Gasteiger partial charge in [-0.1, -0.05) is 72.8 Å². The highest BCUT2D eigenvalue weighted by Gasteiger charge is 2.29. The summed E-state index contributed by atoms with van der Waals surface area (Å²) in [6.07, 6.45) is 0. The van der Waals surface area contributed by atoms with E-state index in [-0.39, 0.29) is 11.1 Å². The summed E-state index contributed by atoms with van der Waals surface area (Å²) in [5, 5.41) is 16.8. The molecule has 156 valence electrons. The minimum atomic E-state index is -0.210. The standard InChI is InChI=1S/C31H15NO2/c1-32-30(33)28-24-17-8-4-2-6-15(17)19-12-10-14-11-13-20-16-7-3-5-9-18(16)25(29(28)31(32)34)27-23(20)21(14)22(19)26(24)27/h2-13H,1H3. The lowest BCUT2D eigenvalue weighted by Crippen LogP contribution is -2.21. The lowest BCUT2D eigenvalue weighted by Gasteiger charge is -2.13. The molecule has 0 spiro atoms. The van der Waals surface area contributed by atoms with Crippen LogP contribution in [0.1, 0.15) is 0 Å². The van der Waals surface area contributed by atoms with Gasteiger partial charge in [0.2, 0.25) is 0 Å². The lowest BCUT2D eigenvalue weighted by molar-refractivity contribution is 0.857. The third-order valence-electron chi connectivity index (χ3n) is 8.20. The van der Waals surface area contributed by atoms with Crippen molar-refractivity contribution in [1.29, 1.82) is 0 Å². The van der Waals surface area contributed by atoms with Crippen molar-refractivity contribution in [3.05, 3.63) is 93.5 Å². The van der Waals surface area contributed by atoms with Crippen LogP contribution in [0.15, 0.2) is 82.4 Å². The minimum Gasteiger partial charge on any atom is -0.277 e. The molecule has 0 radical (unpaired) electrons. The monoisotopic (exact) mass is 433 g/mol. The van der Waals surface area contributed by atoms with E-state index < -0.39 is 0 Å². The van der Waals surface area contributed by atoms with Crippen molar-refractivity contribution in [2.45, 2.75) is 0 Å². The van der Waals surface area contributed by atoms with Crippen molar-refractivity contribution in [3.63, 3.8) is 0 Å². The van der Waals surface area contributed by atoms with Crippen LogP contribution in [0.25, 0.3) is 86.2 Å². The fourth-order valence-corrected chi connectivity index (χ4v) is 6.90. The molecule has 0 unspecified atom stereocenters. The predicted molar refractivity (Wildman–Crippen MR) is 143 cm³/mol. The Hall–Kier alpha value is -4.50. The second-order valence-electron chi connectivity index (χ2n) is 9.58. The normalized spacial score (nSPS) is 13.1. The van der Waals surface area contributed by atoms with Crippen molar-refractivity contribution >= 4 is 86.2 Å². The second kappa shape index (κ2) is 5.18. The van der Waals surface area contributed by atoms with Gasteiger partial charge in [0.15, 0.2) is 0 Å². The topological polar surface area (TPSA) is 39.1 Å². The van der Waals surface area contributed by atoms with E-state index in [4.69, 9.17) is 0 Å². The van der Waals surface area contributed by atoms with Gasteiger partial charge < -0.3 is 0 Å². The molecular formula is C31H15NO2. The number of benzene rings is 7. The highest BCUT2D eigenvalue weighted by molar-refractivity contribution is 6.55. The van der Waals surface area contributed by atoms with Gasteiger partial charge in [-0.15, -0.1) is 0 Å². The SMILES string of the molecule is Cn1c(=O)c2c(c1=O)c1c3ccccc3c3ccc4ccc5c6ccccc6c2c2c5c4c3c12. The molecule has 3 nitrogen and oxygen atoms in total. The Balaban J connectivity index is 1.91. The van der Waals surface area contributed by atoms with Crippen molar-refractivity contribution < 1.29 is 0 Å². The van der Waals surface area contributed by atoms with E-state index in [9.17, 15) is 9.59 Å². The Bertz CT molecular complexity index is 2270. The maximum absolute atomic E-state index is 13.6. The van der Waals surface area contributed by atoms with Crippen molar-refractivity contribution in [2.24, 2.45) is 7.05 Å². The molecule has 0 aliphatic heterocycles. The molecular weight excluding hydrogens is 418 g/mol. The molecule has 34 heavy (non-hydrogen) atoms. The maximum Gasteiger partial charge on any atom is 0.261 e. The molecule has 9 aromatic rings. The van der Waals surface area contributed by atoms with Gasteiger partial charge in [-0.3, -0.25) is 14.2 Å². The van der Waals surface area contributed by atoms with Crippen LogP contribution >= 0.6 is 0 Å². The van der Waals surface area contributed by atoms with Gasteiger partial charge in [-0.05, 0) is 53.9 Å². The molecule has 0 saturated carbocycles. The first kappa shape index (κ1) is 17.0. The zero-order chi connectivity index (χ0) is 22.5. The van der Waals surface area contributed by atoms with Crippen LogP contribution in [-0.4, -0.2) is 4.57 Å². The summed E-state index contributed by atoms with van der Waals surface area (Å²) in [5.41, 5.74) is -0.419. The van der Waals surface area contributed by atoms with Crippen molar-refractivity contribution in [3.8, 4) is 0 Å². The fourth-order valence-electron chi connectivity index (χ4n) is 6.90. The van der Waals surface area contributed by atoms with Gasteiger partial charge in [0.05, 0.1) is 10.8 Å². The van der Waals surface area contributed by atoms with Crippen LogP contribution in [0.5, 0.6) is 0 Å². The largest absolute Gasteiger partial charge is 0.277 e. The number of hydrogen-bond donors (Lipinski definition) is 0. The molecule has 0 bridgehead atoms. The summed E-state index contributed by atoms with van der Waals surface area (Å²) >= 11 is 0. The van der Waals surface area contributed by atoms with Gasteiger partial charge in [0, 0.05) is 28.6 Å². The highest BCUT2D eigenvalue weighted by atomic mass is 16.2. The van der Waals surface area contributed by atoms with Gasteiger partial charge in [-0.2, -0.15) is 0 Å². The van der Waals surface area contributed by atoms with Crippen molar-refractivity contribution in [2.75, 3.05) is 0 Å². The third kappa shape index (κ3) is 1.55. The van der Waals surface area contributed by atoms with Crippen LogP contribution in [-0.2, 0) is 7.05 Å².